The van der Waals surface area contributed by atoms with Gasteiger partial charge < -0.3 is 14.9 Å². The average Bonchev–Trinajstić information content (AvgIpc) is 3.13. The Morgan fingerprint density at radius 3 is 2.48 bits per heavy atom. The molecule has 7 nitrogen and oxygen atoms in total. The number of nitrogens with zero attached hydrogens (tertiary/aromatic N) is 6. The first-order chi connectivity index (χ1) is 14.2. The molecule has 4 rings (SSSR count). The highest BCUT2D eigenvalue weighted by Gasteiger charge is 2.25. The fourth-order valence-corrected chi connectivity index (χ4v) is 4.55. The number of aliphatic hydroxyl groups is 1. The molecule has 0 unspecified atom stereocenters. The lowest BCUT2D eigenvalue weighted by Crippen LogP contribution is -2.46. The van der Waals surface area contributed by atoms with Gasteiger partial charge >= 0.3 is 0 Å². The number of aliphatic hydroxyl groups excluding tert-OH is 1. The lowest BCUT2D eigenvalue weighted by atomic mass is 9.98. The molecule has 158 valence electrons. The molecule has 0 spiro atoms. The fraction of sp³-hybridized carbons (Fsp3) is 0.636. The van der Waals surface area contributed by atoms with Gasteiger partial charge in [-0.2, -0.15) is 5.10 Å². The lowest BCUT2D eigenvalue weighted by molar-refractivity contribution is 0.202. The van der Waals surface area contributed by atoms with Crippen molar-refractivity contribution in [1.29, 1.82) is 0 Å². The molecule has 2 fully saturated rings. The van der Waals surface area contributed by atoms with Gasteiger partial charge in [0.2, 0.25) is 0 Å². The predicted molar refractivity (Wildman–Crippen MR) is 116 cm³/mol. The van der Waals surface area contributed by atoms with E-state index in [0.717, 1.165) is 71.0 Å². The van der Waals surface area contributed by atoms with E-state index in [1.165, 1.54) is 16.9 Å². The van der Waals surface area contributed by atoms with Gasteiger partial charge in [-0.05, 0) is 44.7 Å². The fourth-order valence-electron chi connectivity index (χ4n) is 4.55. The van der Waals surface area contributed by atoms with Gasteiger partial charge in [0, 0.05) is 76.4 Å². The molecule has 2 aliphatic heterocycles. The highest BCUT2D eigenvalue weighted by atomic mass is 16.3. The maximum absolute atomic E-state index is 9.42. The van der Waals surface area contributed by atoms with Crippen molar-refractivity contribution in [2.75, 3.05) is 55.7 Å². The van der Waals surface area contributed by atoms with Crippen molar-refractivity contribution < 1.29 is 5.11 Å². The Morgan fingerprint density at radius 1 is 1.07 bits per heavy atom. The molecule has 29 heavy (non-hydrogen) atoms. The highest BCUT2D eigenvalue weighted by molar-refractivity contribution is 5.67. The Morgan fingerprint density at radius 2 is 1.83 bits per heavy atom. The summed E-state index contributed by atoms with van der Waals surface area (Å²) in [5.41, 5.74) is 3.88. The van der Waals surface area contributed by atoms with Crippen LogP contribution in [0.2, 0.25) is 0 Å². The molecule has 2 aliphatic rings. The molecule has 0 radical (unpaired) electrons. The molecule has 4 heterocycles. The molecular formula is C22H34N6O. The molecule has 2 aromatic rings. The molecule has 0 aromatic carbocycles. The van der Waals surface area contributed by atoms with Crippen molar-refractivity contribution in [3.63, 3.8) is 0 Å². The van der Waals surface area contributed by atoms with E-state index < -0.39 is 0 Å². The zero-order chi connectivity index (χ0) is 20.2. The number of pyridine rings is 1. The minimum absolute atomic E-state index is 0.307. The normalized spacial score (nSPS) is 19.1. The van der Waals surface area contributed by atoms with Crippen LogP contribution in [0.5, 0.6) is 0 Å². The van der Waals surface area contributed by atoms with Crippen LogP contribution in [0.1, 0.15) is 31.0 Å². The Kier molecular flexibility index (Phi) is 6.35. The second-order valence-electron chi connectivity index (χ2n) is 8.29. The molecule has 0 saturated carbocycles. The standard InChI is InChI=1S/C22H34N6O/c1-3-28-18(2)20(15-24-28)16-25-11-13-26(14-12-25)21-5-4-8-23-22(21)27-9-6-19(17-29)7-10-27/h4-5,8,15,19,29H,3,6-7,9-14,16-17H2,1-2H3. The zero-order valence-electron chi connectivity index (χ0n) is 17.8. The largest absolute Gasteiger partial charge is 0.396 e. The van der Waals surface area contributed by atoms with Crippen LogP contribution in [0, 0.1) is 12.8 Å². The van der Waals surface area contributed by atoms with Crippen molar-refractivity contribution in [1.82, 2.24) is 19.7 Å². The van der Waals surface area contributed by atoms with Gasteiger partial charge in [0.1, 0.15) is 0 Å². The first-order valence-corrected chi connectivity index (χ1v) is 11.0. The van der Waals surface area contributed by atoms with E-state index in [2.05, 4.69) is 44.4 Å². The number of hydrogen-bond donors (Lipinski definition) is 1. The number of anilines is 2. The molecule has 7 heteroatoms. The van der Waals surface area contributed by atoms with E-state index in [9.17, 15) is 5.11 Å². The van der Waals surface area contributed by atoms with E-state index >= 15 is 0 Å². The van der Waals surface area contributed by atoms with Crippen LogP contribution in [0.4, 0.5) is 11.5 Å². The molecule has 0 aliphatic carbocycles. The monoisotopic (exact) mass is 398 g/mol. The van der Waals surface area contributed by atoms with Gasteiger partial charge in [0.25, 0.3) is 0 Å². The van der Waals surface area contributed by atoms with E-state index in [1.54, 1.807) is 0 Å². The summed E-state index contributed by atoms with van der Waals surface area (Å²) in [4.78, 5) is 12.2. The van der Waals surface area contributed by atoms with Crippen LogP contribution in [0.3, 0.4) is 0 Å². The van der Waals surface area contributed by atoms with Crippen molar-refractivity contribution in [3.05, 3.63) is 35.8 Å². The maximum atomic E-state index is 9.42. The summed E-state index contributed by atoms with van der Waals surface area (Å²) in [6.07, 6.45) is 6.03. The van der Waals surface area contributed by atoms with Crippen LogP contribution in [-0.4, -0.2) is 70.6 Å². The first-order valence-electron chi connectivity index (χ1n) is 11.0. The number of hydrogen-bond acceptors (Lipinski definition) is 6. The summed E-state index contributed by atoms with van der Waals surface area (Å²) >= 11 is 0. The average molecular weight is 399 g/mol. The Hall–Kier alpha value is -2.12. The molecular weight excluding hydrogens is 364 g/mol. The second kappa shape index (κ2) is 9.13. The summed E-state index contributed by atoms with van der Waals surface area (Å²) in [6.45, 7) is 12.6. The van der Waals surface area contributed by atoms with Gasteiger partial charge in [-0.15, -0.1) is 0 Å². The topological polar surface area (TPSA) is 60.7 Å². The van der Waals surface area contributed by atoms with Gasteiger partial charge in [0.05, 0.1) is 11.9 Å². The quantitative estimate of drug-likeness (QED) is 0.805. The number of piperazine rings is 1. The maximum Gasteiger partial charge on any atom is 0.152 e. The Balaban J connectivity index is 1.38. The SMILES string of the molecule is CCn1ncc(CN2CCN(c3cccnc3N3CCC(CO)CC3)CC2)c1C. The first kappa shape index (κ1) is 20.2. The van der Waals surface area contributed by atoms with E-state index in [4.69, 9.17) is 4.98 Å². The predicted octanol–water partition coefficient (Wildman–Crippen LogP) is 2.14. The highest BCUT2D eigenvalue weighted by Crippen LogP contribution is 2.31. The molecule has 2 saturated heterocycles. The van der Waals surface area contributed by atoms with Gasteiger partial charge in [-0.25, -0.2) is 4.98 Å². The molecule has 1 N–H and O–H groups in total. The summed E-state index contributed by atoms with van der Waals surface area (Å²) in [6, 6.07) is 4.26. The lowest BCUT2D eigenvalue weighted by Gasteiger charge is -2.39. The summed E-state index contributed by atoms with van der Waals surface area (Å²) < 4.78 is 2.08. The molecule has 2 aromatic heterocycles. The molecule has 0 amide bonds. The third kappa shape index (κ3) is 4.41. The summed E-state index contributed by atoms with van der Waals surface area (Å²) in [5, 5.41) is 13.9. The van der Waals surface area contributed by atoms with Crippen LogP contribution in [0.25, 0.3) is 0 Å². The molecule has 0 bridgehead atoms. The van der Waals surface area contributed by atoms with E-state index in [-0.39, 0.29) is 0 Å². The molecule has 0 atom stereocenters. The van der Waals surface area contributed by atoms with Crippen molar-refractivity contribution in [2.45, 2.75) is 39.8 Å². The third-order valence-electron chi connectivity index (χ3n) is 6.55. The van der Waals surface area contributed by atoms with Crippen LogP contribution < -0.4 is 9.80 Å². The third-order valence-corrected chi connectivity index (χ3v) is 6.55. The Labute approximate surface area is 173 Å². The van der Waals surface area contributed by atoms with Crippen molar-refractivity contribution in [3.8, 4) is 0 Å². The van der Waals surface area contributed by atoms with Gasteiger partial charge in [-0.3, -0.25) is 9.58 Å². The van der Waals surface area contributed by atoms with Crippen molar-refractivity contribution in [2.24, 2.45) is 5.92 Å². The second-order valence-corrected chi connectivity index (χ2v) is 8.29. The van der Waals surface area contributed by atoms with Crippen LogP contribution in [-0.2, 0) is 13.1 Å². The number of piperidine rings is 1. The number of aryl methyl sites for hydroxylation is 1. The van der Waals surface area contributed by atoms with E-state index in [1.807, 2.05) is 18.5 Å². The summed E-state index contributed by atoms with van der Waals surface area (Å²) in [5.74, 6) is 1.56. The minimum atomic E-state index is 0.307. The van der Waals surface area contributed by atoms with Gasteiger partial charge in [0.15, 0.2) is 5.82 Å². The minimum Gasteiger partial charge on any atom is -0.396 e. The Bertz CT molecular complexity index is 790. The van der Waals surface area contributed by atoms with Gasteiger partial charge in [-0.1, -0.05) is 0 Å². The zero-order valence-corrected chi connectivity index (χ0v) is 17.8. The van der Waals surface area contributed by atoms with Crippen molar-refractivity contribution >= 4 is 11.5 Å². The van der Waals surface area contributed by atoms with E-state index in [0.29, 0.717) is 12.5 Å². The van der Waals surface area contributed by atoms with Crippen LogP contribution >= 0.6 is 0 Å². The number of aromatic nitrogens is 3. The summed E-state index contributed by atoms with van der Waals surface area (Å²) in [7, 11) is 0. The van der Waals surface area contributed by atoms with Crippen LogP contribution in [0.15, 0.2) is 24.5 Å². The smallest absolute Gasteiger partial charge is 0.152 e. The number of rotatable bonds is 6.